The predicted octanol–water partition coefficient (Wildman–Crippen LogP) is 4.53. The molecule has 30 heavy (non-hydrogen) atoms. The van der Waals surface area contributed by atoms with Gasteiger partial charge in [-0.3, -0.25) is 9.63 Å². The number of anilines is 2. The summed E-state index contributed by atoms with van der Waals surface area (Å²) in [6.07, 6.45) is 1.47. The molecule has 0 aliphatic heterocycles. The largest absolute Gasteiger partial charge is 0.352 e. The van der Waals surface area contributed by atoms with Crippen LogP contribution in [-0.4, -0.2) is 28.6 Å². The molecule has 2 aromatic carbocycles. The highest BCUT2D eigenvalue weighted by atomic mass is 19.1. The number of nitroso groups, excluding NO2 is 1. The third kappa shape index (κ3) is 4.98. The van der Waals surface area contributed by atoms with E-state index in [9.17, 15) is 9.70 Å². The number of aromatic nitrogens is 2. The summed E-state index contributed by atoms with van der Waals surface area (Å²) < 4.78 is 16.8. The minimum absolute atomic E-state index is 0.00670. The van der Waals surface area contributed by atoms with Gasteiger partial charge in [0, 0.05) is 12.7 Å². The molecular formula is C21H26FN5O3. The molecule has 1 amide bonds. The van der Waals surface area contributed by atoms with Gasteiger partial charge in [-0.1, -0.05) is 36.7 Å². The average Bonchev–Trinajstić information content (AvgIpc) is 3.11. The van der Waals surface area contributed by atoms with E-state index < -0.39 is 11.7 Å². The van der Waals surface area contributed by atoms with E-state index >= 15 is 4.39 Å². The van der Waals surface area contributed by atoms with Gasteiger partial charge in [-0.05, 0) is 31.5 Å². The first-order valence-electron chi connectivity index (χ1n) is 9.61. The van der Waals surface area contributed by atoms with Crippen LogP contribution in [0.4, 0.5) is 15.8 Å². The molecule has 0 unspecified atom stereocenters. The number of nitrogens with one attached hydrogen (secondary N) is 2. The minimum atomic E-state index is -0.653. The lowest BCUT2D eigenvalue weighted by Gasteiger charge is -2.16. The van der Waals surface area contributed by atoms with E-state index in [0.29, 0.717) is 11.2 Å². The molecule has 2 N–H and O–H groups in total. The second-order valence-corrected chi connectivity index (χ2v) is 6.41. The number of carbonyl (C=O) groups excluding carboxylic acids is 1. The second kappa shape index (κ2) is 10.4. The van der Waals surface area contributed by atoms with E-state index in [2.05, 4.69) is 21.0 Å². The Morgan fingerprint density at radius 2 is 2.00 bits per heavy atom. The second-order valence-electron chi connectivity index (χ2n) is 6.41. The molecule has 8 nitrogen and oxygen atoms in total. The van der Waals surface area contributed by atoms with Crippen molar-refractivity contribution in [1.29, 1.82) is 0 Å². The van der Waals surface area contributed by atoms with E-state index in [0.717, 1.165) is 11.1 Å². The van der Waals surface area contributed by atoms with E-state index in [1.165, 1.54) is 12.4 Å². The van der Waals surface area contributed by atoms with Crippen LogP contribution >= 0.6 is 0 Å². The van der Waals surface area contributed by atoms with Gasteiger partial charge in [-0.2, -0.15) is 4.91 Å². The Morgan fingerprint density at radius 1 is 1.27 bits per heavy atom. The number of imidazole rings is 1. The van der Waals surface area contributed by atoms with Crippen molar-refractivity contribution in [2.75, 3.05) is 18.5 Å². The summed E-state index contributed by atoms with van der Waals surface area (Å²) in [4.78, 5) is 31.7. The van der Waals surface area contributed by atoms with Gasteiger partial charge in [0.2, 0.25) is 0 Å². The third-order valence-electron chi connectivity index (χ3n) is 4.30. The van der Waals surface area contributed by atoms with Crippen molar-refractivity contribution in [3.63, 3.8) is 0 Å². The average molecular weight is 415 g/mol. The minimum Gasteiger partial charge on any atom is -0.352 e. The Hall–Kier alpha value is -3.33. The van der Waals surface area contributed by atoms with Gasteiger partial charge in [0.15, 0.2) is 5.82 Å². The molecule has 0 aliphatic carbocycles. The van der Waals surface area contributed by atoms with E-state index in [1.807, 2.05) is 45.9 Å². The molecule has 0 radical (unpaired) electrons. The first kappa shape index (κ1) is 23.0. The molecule has 0 saturated carbocycles. The number of halogens is 1. The molecule has 1 heterocycles. The summed E-state index contributed by atoms with van der Waals surface area (Å²) in [6.45, 7) is 7.66. The van der Waals surface area contributed by atoms with Crippen LogP contribution in [-0.2, 0) is 11.9 Å². The number of hydrogen-bond donors (Lipinski definition) is 2. The zero-order chi connectivity index (χ0) is 22.3. The number of nitrogens with zero attached hydrogens (tertiary/aromatic N) is 3. The number of rotatable bonds is 7. The van der Waals surface area contributed by atoms with Gasteiger partial charge >= 0.3 is 0 Å². The monoisotopic (exact) mass is 415 g/mol. The molecule has 0 aliphatic rings. The van der Waals surface area contributed by atoms with Crippen LogP contribution in [0.1, 0.15) is 35.3 Å². The van der Waals surface area contributed by atoms with Crippen LogP contribution in [0.2, 0.25) is 0 Å². The molecule has 0 bridgehead atoms. The van der Waals surface area contributed by atoms with E-state index in [-0.39, 0.29) is 29.9 Å². The van der Waals surface area contributed by atoms with Crippen LogP contribution in [0.15, 0.2) is 35.8 Å². The van der Waals surface area contributed by atoms with Gasteiger partial charge in [-0.15, -0.1) is 0 Å². The fraction of sp³-hybridized carbons (Fsp3) is 0.333. The highest BCUT2D eigenvalue weighted by molar-refractivity contribution is 6.04. The number of amides is 1. The molecule has 0 spiro atoms. The van der Waals surface area contributed by atoms with Gasteiger partial charge in [0.05, 0.1) is 29.7 Å². The molecule has 3 aromatic rings. The van der Waals surface area contributed by atoms with Gasteiger partial charge in [0.1, 0.15) is 12.1 Å². The highest BCUT2D eigenvalue weighted by Crippen LogP contribution is 2.31. The maximum absolute atomic E-state index is 15.2. The lowest BCUT2D eigenvalue weighted by atomic mass is 10.1. The van der Waals surface area contributed by atoms with Crippen LogP contribution in [0, 0.1) is 24.6 Å². The fourth-order valence-corrected chi connectivity index (χ4v) is 2.87. The summed E-state index contributed by atoms with van der Waals surface area (Å²) in [5.74, 6) is -1.29. The molecule has 0 saturated heterocycles. The lowest BCUT2D eigenvalue weighted by molar-refractivity contribution is 0.0344. The number of hydroxylamine groups is 1. The quantitative estimate of drug-likeness (QED) is 0.336. The van der Waals surface area contributed by atoms with Crippen molar-refractivity contribution in [2.24, 2.45) is 12.2 Å². The topological polar surface area (TPSA) is 97.6 Å². The molecular weight excluding hydrogens is 389 g/mol. The van der Waals surface area contributed by atoms with Crippen molar-refractivity contribution < 1.29 is 14.0 Å². The van der Waals surface area contributed by atoms with Gasteiger partial charge < -0.3 is 9.88 Å². The predicted molar refractivity (Wildman–Crippen MR) is 115 cm³/mol. The Morgan fingerprint density at radius 3 is 2.67 bits per heavy atom. The molecule has 3 rings (SSSR count). The summed E-state index contributed by atoms with van der Waals surface area (Å²) in [5.41, 5.74) is 5.50. The van der Waals surface area contributed by atoms with Crippen LogP contribution in [0.25, 0.3) is 11.0 Å². The maximum atomic E-state index is 15.2. The summed E-state index contributed by atoms with van der Waals surface area (Å²) in [6, 6.07) is 7.20. The molecule has 1 aromatic heterocycles. The number of fused-ring (bicyclic) bond motifs is 1. The number of aryl methyl sites for hydroxylation is 3. The number of benzene rings is 2. The Balaban J connectivity index is 0.00000155. The maximum Gasteiger partial charge on any atom is 0.277 e. The zero-order valence-corrected chi connectivity index (χ0v) is 17.7. The molecule has 0 atom stereocenters. The fourth-order valence-electron chi connectivity index (χ4n) is 2.87. The van der Waals surface area contributed by atoms with Crippen LogP contribution < -0.4 is 10.8 Å². The van der Waals surface area contributed by atoms with Crippen LogP contribution in [0.3, 0.4) is 0 Å². The Bertz CT molecular complexity index is 1050. The molecule has 0 fully saturated rings. The summed E-state index contributed by atoms with van der Waals surface area (Å²) >= 11 is 0. The zero-order valence-electron chi connectivity index (χ0n) is 17.7. The van der Waals surface area contributed by atoms with Crippen molar-refractivity contribution >= 4 is 28.3 Å². The molecule has 9 heteroatoms. The van der Waals surface area contributed by atoms with Gasteiger partial charge in [-0.25, -0.2) is 14.9 Å². The first-order chi connectivity index (χ1) is 14.4. The molecule has 160 valence electrons. The Kier molecular flexibility index (Phi) is 7.99. The summed E-state index contributed by atoms with van der Waals surface area (Å²) in [7, 11) is 1.71. The SMILES string of the molecule is CC.Cc1ccc(Nc2c(C(=O)NOCCN=O)cc3c(ncn3C)c2F)c(C)c1. The third-order valence-corrected chi connectivity index (χ3v) is 4.30. The standard InChI is InChI=1S/C19H20FN5O3.C2H6/c1-11-4-5-14(12(2)8-11)23-17-13(19(26)24-28-7-6-22-27)9-15-18(16(17)20)21-10-25(15)3;1-2/h4-5,8-10,23H,6-7H2,1-3H3,(H,24,26);1-2H3. The van der Waals surface area contributed by atoms with Crippen molar-refractivity contribution in [3.05, 3.63) is 58.0 Å². The smallest absolute Gasteiger partial charge is 0.277 e. The van der Waals surface area contributed by atoms with Crippen molar-refractivity contribution in [2.45, 2.75) is 27.7 Å². The normalized spacial score (nSPS) is 10.3. The first-order valence-corrected chi connectivity index (χ1v) is 9.61. The summed E-state index contributed by atoms with van der Waals surface area (Å²) in [5, 5.41) is 5.66. The number of hydrogen-bond acceptors (Lipinski definition) is 6. The highest BCUT2D eigenvalue weighted by Gasteiger charge is 2.22. The number of carbonyl (C=O) groups is 1. The Labute approximate surface area is 174 Å². The van der Waals surface area contributed by atoms with Gasteiger partial charge in [0.25, 0.3) is 5.91 Å². The van der Waals surface area contributed by atoms with Crippen molar-refractivity contribution in [1.82, 2.24) is 15.0 Å². The lowest BCUT2D eigenvalue weighted by Crippen LogP contribution is -2.26. The van der Waals surface area contributed by atoms with Crippen molar-refractivity contribution in [3.8, 4) is 0 Å². The van der Waals surface area contributed by atoms with E-state index in [1.54, 1.807) is 11.6 Å². The van der Waals surface area contributed by atoms with Crippen LogP contribution in [0.5, 0.6) is 0 Å². The van der Waals surface area contributed by atoms with E-state index in [4.69, 9.17) is 4.84 Å².